The quantitative estimate of drug-likeness (QED) is 0.811. The van der Waals surface area contributed by atoms with Crippen LogP contribution in [0, 0.1) is 0 Å². The Balaban J connectivity index is 2.84. The van der Waals surface area contributed by atoms with Crippen molar-refractivity contribution in [2.75, 3.05) is 14.2 Å². The third-order valence-electron chi connectivity index (χ3n) is 2.51. The predicted octanol–water partition coefficient (Wildman–Crippen LogP) is 1.30. The third-order valence-corrected chi connectivity index (χ3v) is 2.51. The lowest BCUT2D eigenvalue weighted by Gasteiger charge is -2.14. The summed E-state index contributed by atoms with van der Waals surface area (Å²) in [7, 11) is 2.97. The number of nitrogens with one attached hydrogen (secondary N) is 1. The van der Waals surface area contributed by atoms with Gasteiger partial charge in [-0.1, -0.05) is 0 Å². The van der Waals surface area contributed by atoms with Crippen LogP contribution in [0.25, 0.3) is 0 Å². The average molecular weight is 267 g/mol. The molecule has 104 valence electrons. The molecule has 0 fully saturated rings. The summed E-state index contributed by atoms with van der Waals surface area (Å²) in [6.45, 7) is 1.63. The van der Waals surface area contributed by atoms with Gasteiger partial charge in [0.15, 0.2) is 0 Å². The molecule has 6 heteroatoms. The zero-order valence-corrected chi connectivity index (χ0v) is 11.1. The van der Waals surface area contributed by atoms with Gasteiger partial charge in [-0.3, -0.25) is 9.59 Å². The molecule has 1 aromatic rings. The van der Waals surface area contributed by atoms with Crippen LogP contribution >= 0.6 is 0 Å². The molecule has 1 amide bonds. The number of methoxy groups -OCH3 is 2. The summed E-state index contributed by atoms with van der Waals surface area (Å²) in [6.07, 6.45) is -0.135. The van der Waals surface area contributed by atoms with Gasteiger partial charge in [-0.05, 0) is 19.1 Å². The van der Waals surface area contributed by atoms with E-state index in [9.17, 15) is 9.59 Å². The summed E-state index contributed by atoms with van der Waals surface area (Å²) in [5.74, 6) is -0.394. The number of amides is 1. The van der Waals surface area contributed by atoms with Crippen molar-refractivity contribution >= 4 is 11.9 Å². The minimum atomic E-state index is -0.963. The van der Waals surface area contributed by atoms with Crippen molar-refractivity contribution in [1.29, 1.82) is 0 Å². The number of carboxylic acids is 1. The maximum Gasteiger partial charge on any atom is 0.305 e. The number of carbonyl (C=O) groups is 2. The second-order valence-corrected chi connectivity index (χ2v) is 4.04. The van der Waals surface area contributed by atoms with Crippen molar-refractivity contribution in [3.05, 3.63) is 23.8 Å². The molecule has 0 aromatic heterocycles. The number of hydrogen-bond donors (Lipinski definition) is 2. The maximum absolute atomic E-state index is 12.0. The highest BCUT2D eigenvalue weighted by molar-refractivity contribution is 5.97. The van der Waals surface area contributed by atoms with Crippen LogP contribution in [0.5, 0.6) is 11.5 Å². The fourth-order valence-corrected chi connectivity index (χ4v) is 1.60. The van der Waals surface area contributed by atoms with E-state index in [2.05, 4.69) is 5.32 Å². The molecule has 6 nitrogen and oxygen atoms in total. The van der Waals surface area contributed by atoms with Gasteiger partial charge in [0.25, 0.3) is 5.91 Å². The number of benzene rings is 1. The van der Waals surface area contributed by atoms with Crippen molar-refractivity contribution in [2.24, 2.45) is 0 Å². The van der Waals surface area contributed by atoms with Crippen LogP contribution in [0.2, 0.25) is 0 Å². The van der Waals surface area contributed by atoms with Crippen LogP contribution in [0.3, 0.4) is 0 Å². The monoisotopic (exact) mass is 267 g/mol. The molecule has 0 saturated heterocycles. The number of rotatable bonds is 6. The largest absolute Gasteiger partial charge is 0.497 e. The Hall–Kier alpha value is -2.24. The fourth-order valence-electron chi connectivity index (χ4n) is 1.60. The molecule has 19 heavy (non-hydrogen) atoms. The Morgan fingerprint density at radius 3 is 2.53 bits per heavy atom. The molecule has 0 aliphatic rings. The lowest BCUT2D eigenvalue weighted by molar-refractivity contribution is -0.137. The topological polar surface area (TPSA) is 84.9 Å². The van der Waals surface area contributed by atoms with Crippen molar-refractivity contribution in [3.8, 4) is 11.5 Å². The Labute approximate surface area is 111 Å². The van der Waals surface area contributed by atoms with Crippen molar-refractivity contribution in [2.45, 2.75) is 19.4 Å². The molecule has 0 aliphatic heterocycles. The number of carboxylic acid groups (broad SMARTS) is 1. The van der Waals surface area contributed by atoms with E-state index in [0.29, 0.717) is 17.1 Å². The highest BCUT2D eigenvalue weighted by atomic mass is 16.5. The van der Waals surface area contributed by atoms with E-state index in [4.69, 9.17) is 14.6 Å². The molecular weight excluding hydrogens is 250 g/mol. The standard InChI is InChI=1S/C13H17NO5/c1-8(6-12(15)16)14-13(17)10-5-4-9(18-2)7-11(10)19-3/h4-5,7-8H,6H2,1-3H3,(H,14,17)(H,15,16). The average Bonchev–Trinajstić information content (AvgIpc) is 2.36. The summed E-state index contributed by atoms with van der Waals surface area (Å²) in [4.78, 5) is 22.5. The summed E-state index contributed by atoms with van der Waals surface area (Å²) in [6, 6.07) is 4.34. The molecular formula is C13H17NO5. The Morgan fingerprint density at radius 1 is 1.32 bits per heavy atom. The van der Waals surface area contributed by atoms with Gasteiger partial charge in [-0.2, -0.15) is 0 Å². The van der Waals surface area contributed by atoms with Gasteiger partial charge in [0.05, 0.1) is 26.2 Å². The number of hydrogen-bond acceptors (Lipinski definition) is 4. The van der Waals surface area contributed by atoms with E-state index in [0.717, 1.165) is 0 Å². The minimum absolute atomic E-state index is 0.135. The fraction of sp³-hybridized carbons (Fsp3) is 0.385. The smallest absolute Gasteiger partial charge is 0.305 e. The number of aliphatic carboxylic acids is 1. The molecule has 0 aliphatic carbocycles. The molecule has 1 aromatic carbocycles. The first-order valence-electron chi connectivity index (χ1n) is 5.72. The van der Waals surface area contributed by atoms with Crippen LogP contribution in [0.1, 0.15) is 23.7 Å². The molecule has 0 bridgehead atoms. The second-order valence-electron chi connectivity index (χ2n) is 4.04. The van der Waals surface area contributed by atoms with Gasteiger partial charge in [0.1, 0.15) is 11.5 Å². The van der Waals surface area contributed by atoms with E-state index in [1.807, 2.05) is 0 Å². The normalized spacial score (nSPS) is 11.5. The van der Waals surface area contributed by atoms with Crippen LogP contribution in [-0.2, 0) is 4.79 Å². The van der Waals surface area contributed by atoms with Crippen molar-refractivity contribution in [3.63, 3.8) is 0 Å². The van der Waals surface area contributed by atoms with E-state index in [-0.39, 0.29) is 12.3 Å². The molecule has 1 unspecified atom stereocenters. The van der Waals surface area contributed by atoms with E-state index in [1.54, 1.807) is 25.1 Å². The first kappa shape index (κ1) is 14.8. The predicted molar refractivity (Wildman–Crippen MR) is 68.7 cm³/mol. The van der Waals surface area contributed by atoms with Crippen molar-refractivity contribution < 1.29 is 24.2 Å². The van der Waals surface area contributed by atoms with Crippen LogP contribution in [0.4, 0.5) is 0 Å². The zero-order valence-electron chi connectivity index (χ0n) is 11.1. The first-order chi connectivity index (χ1) is 8.97. The summed E-state index contributed by atoms with van der Waals surface area (Å²) >= 11 is 0. The van der Waals surface area contributed by atoms with E-state index >= 15 is 0 Å². The third kappa shape index (κ3) is 4.17. The maximum atomic E-state index is 12.0. The second kappa shape index (κ2) is 6.63. The van der Waals surface area contributed by atoms with Gasteiger partial charge in [-0.25, -0.2) is 0 Å². The van der Waals surface area contributed by atoms with Crippen LogP contribution in [0.15, 0.2) is 18.2 Å². The SMILES string of the molecule is COc1ccc(C(=O)NC(C)CC(=O)O)c(OC)c1. The molecule has 0 radical (unpaired) electrons. The Bertz CT molecular complexity index is 472. The molecule has 1 atom stereocenters. The molecule has 0 heterocycles. The highest BCUT2D eigenvalue weighted by Gasteiger charge is 2.16. The zero-order chi connectivity index (χ0) is 14.4. The van der Waals surface area contributed by atoms with Gasteiger partial charge < -0.3 is 19.9 Å². The molecule has 2 N–H and O–H groups in total. The van der Waals surface area contributed by atoms with Gasteiger partial charge in [0.2, 0.25) is 0 Å². The number of ether oxygens (including phenoxy) is 2. The lowest BCUT2D eigenvalue weighted by atomic mass is 10.1. The van der Waals surface area contributed by atoms with Gasteiger partial charge in [-0.15, -0.1) is 0 Å². The molecule has 0 saturated carbocycles. The summed E-state index contributed by atoms with van der Waals surface area (Å²) in [5.41, 5.74) is 0.334. The molecule has 1 rings (SSSR count). The number of carbonyl (C=O) groups excluding carboxylic acids is 1. The summed E-state index contributed by atoms with van der Waals surface area (Å²) < 4.78 is 10.2. The van der Waals surface area contributed by atoms with E-state index in [1.165, 1.54) is 14.2 Å². The lowest BCUT2D eigenvalue weighted by Crippen LogP contribution is -2.34. The van der Waals surface area contributed by atoms with Crippen LogP contribution in [-0.4, -0.2) is 37.2 Å². The Morgan fingerprint density at radius 2 is 2.00 bits per heavy atom. The first-order valence-corrected chi connectivity index (χ1v) is 5.72. The van der Waals surface area contributed by atoms with Gasteiger partial charge >= 0.3 is 5.97 Å². The minimum Gasteiger partial charge on any atom is -0.497 e. The Kier molecular flexibility index (Phi) is 5.17. The van der Waals surface area contributed by atoms with Crippen molar-refractivity contribution in [1.82, 2.24) is 5.32 Å². The van der Waals surface area contributed by atoms with Crippen LogP contribution < -0.4 is 14.8 Å². The molecule has 0 spiro atoms. The highest BCUT2D eigenvalue weighted by Crippen LogP contribution is 2.24. The van der Waals surface area contributed by atoms with E-state index < -0.39 is 12.0 Å². The summed E-state index contributed by atoms with van der Waals surface area (Å²) in [5, 5.41) is 11.2. The van der Waals surface area contributed by atoms with Gasteiger partial charge in [0, 0.05) is 12.1 Å².